The molecule has 0 radical (unpaired) electrons. The molecule has 0 aromatic heterocycles. The number of barbiturate groups is 1. The molecule has 1 aliphatic heterocycles. The van der Waals surface area contributed by atoms with Crippen molar-refractivity contribution in [1.29, 1.82) is 0 Å². The number of carbonyl (C=O) groups is 4. The lowest BCUT2D eigenvalue weighted by atomic mass is 10.1. The van der Waals surface area contributed by atoms with Crippen molar-refractivity contribution >= 4 is 52.8 Å². The first kappa shape index (κ1) is 27.4. The van der Waals surface area contributed by atoms with Gasteiger partial charge in [-0.1, -0.05) is 23.7 Å². The summed E-state index contributed by atoms with van der Waals surface area (Å²) in [5, 5.41) is 5.31. The smallest absolute Gasteiger partial charge is 0.335 e. The number of nitrogens with zero attached hydrogens (tertiary/aromatic N) is 1. The van der Waals surface area contributed by atoms with E-state index in [9.17, 15) is 19.2 Å². The topological polar surface area (TPSA) is 114 Å². The van der Waals surface area contributed by atoms with Crippen molar-refractivity contribution in [2.24, 2.45) is 0 Å². The van der Waals surface area contributed by atoms with Gasteiger partial charge in [-0.15, -0.1) is 0 Å². The van der Waals surface area contributed by atoms with Crippen LogP contribution in [-0.4, -0.2) is 37.0 Å². The molecule has 200 valence electrons. The highest BCUT2D eigenvalue weighted by atomic mass is 35.5. The monoisotopic (exact) mass is 547 g/mol. The third kappa shape index (κ3) is 6.27. The number of carbonyl (C=O) groups excluding carboxylic acids is 4. The molecule has 0 unspecified atom stereocenters. The Hall–Kier alpha value is -4.63. The van der Waals surface area contributed by atoms with Crippen LogP contribution in [0.25, 0.3) is 6.08 Å². The van der Waals surface area contributed by atoms with E-state index in [-0.39, 0.29) is 29.2 Å². The fourth-order valence-electron chi connectivity index (χ4n) is 3.89. The van der Waals surface area contributed by atoms with Crippen LogP contribution in [0.5, 0.6) is 11.5 Å². The van der Waals surface area contributed by atoms with Crippen molar-refractivity contribution in [2.75, 3.05) is 23.4 Å². The van der Waals surface area contributed by atoms with Gasteiger partial charge in [0.25, 0.3) is 17.7 Å². The molecule has 0 spiro atoms. The summed E-state index contributed by atoms with van der Waals surface area (Å²) in [4.78, 5) is 51.9. The van der Waals surface area contributed by atoms with Crippen LogP contribution >= 0.6 is 11.6 Å². The van der Waals surface area contributed by atoms with Crippen LogP contribution in [-0.2, 0) is 14.4 Å². The van der Waals surface area contributed by atoms with Crippen LogP contribution in [0.1, 0.15) is 23.6 Å². The van der Waals surface area contributed by atoms with Crippen molar-refractivity contribution in [3.8, 4) is 11.5 Å². The summed E-state index contributed by atoms with van der Waals surface area (Å²) >= 11 is 6.17. The third-order valence-corrected chi connectivity index (χ3v) is 6.25. The summed E-state index contributed by atoms with van der Waals surface area (Å²) in [6.45, 7) is 5.82. The molecule has 1 saturated heterocycles. The summed E-state index contributed by atoms with van der Waals surface area (Å²) in [7, 11) is 0. The number of halogens is 1. The van der Waals surface area contributed by atoms with Gasteiger partial charge in [0.2, 0.25) is 0 Å². The van der Waals surface area contributed by atoms with E-state index in [2.05, 4.69) is 10.6 Å². The molecule has 1 fully saturated rings. The maximum absolute atomic E-state index is 13.3. The van der Waals surface area contributed by atoms with Crippen LogP contribution in [0.4, 0.5) is 16.2 Å². The lowest BCUT2D eigenvalue weighted by Gasteiger charge is -2.26. The molecule has 5 amide bonds. The van der Waals surface area contributed by atoms with Gasteiger partial charge in [0, 0.05) is 16.3 Å². The first-order chi connectivity index (χ1) is 18.7. The molecular formula is C29H26ClN3O6. The average molecular weight is 548 g/mol. The maximum atomic E-state index is 13.3. The zero-order chi connectivity index (χ0) is 28.1. The van der Waals surface area contributed by atoms with Gasteiger partial charge in [-0.2, -0.15) is 0 Å². The summed E-state index contributed by atoms with van der Waals surface area (Å²) < 4.78 is 11.1. The van der Waals surface area contributed by atoms with Crippen LogP contribution in [0.3, 0.4) is 0 Å². The largest absolute Gasteiger partial charge is 0.494 e. The number of hydrogen-bond acceptors (Lipinski definition) is 6. The molecule has 0 bridgehead atoms. The van der Waals surface area contributed by atoms with Crippen LogP contribution in [0.2, 0.25) is 5.02 Å². The van der Waals surface area contributed by atoms with Crippen LogP contribution in [0.15, 0.2) is 66.2 Å². The van der Waals surface area contributed by atoms with Gasteiger partial charge < -0.3 is 14.8 Å². The van der Waals surface area contributed by atoms with Gasteiger partial charge in [0.05, 0.1) is 12.3 Å². The minimum atomic E-state index is -0.878. The second-order valence-corrected chi connectivity index (χ2v) is 9.09. The molecule has 39 heavy (non-hydrogen) atoms. The molecule has 10 heteroatoms. The number of rotatable bonds is 8. The highest BCUT2D eigenvalue weighted by molar-refractivity contribution is 6.39. The number of benzene rings is 3. The lowest BCUT2D eigenvalue weighted by Crippen LogP contribution is -2.54. The first-order valence-corrected chi connectivity index (χ1v) is 12.5. The van der Waals surface area contributed by atoms with Gasteiger partial charge in [-0.3, -0.25) is 19.7 Å². The average Bonchev–Trinajstić information content (AvgIpc) is 2.90. The van der Waals surface area contributed by atoms with Crippen molar-refractivity contribution in [1.82, 2.24) is 5.32 Å². The molecule has 0 aliphatic carbocycles. The van der Waals surface area contributed by atoms with Crippen molar-refractivity contribution < 1.29 is 28.7 Å². The predicted molar refractivity (Wildman–Crippen MR) is 148 cm³/mol. The van der Waals surface area contributed by atoms with Gasteiger partial charge in [-0.25, -0.2) is 9.69 Å². The second kappa shape index (κ2) is 11.8. The number of ether oxygens (including phenoxy) is 2. The fourth-order valence-corrected chi connectivity index (χ4v) is 4.07. The maximum Gasteiger partial charge on any atom is 0.335 e. The Morgan fingerprint density at radius 2 is 1.77 bits per heavy atom. The highest BCUT2D eigenvalue weighted by Crippen LogP contribution is 2.29. The predicted octanol–water partition coefficient (Wildman–Crippen LogP) is 5.04. The molecule has 0 saturated carbocycles. The van der Waals surface area contributed by atoms with E-state index in [0.29, 0.717) is 23.1 Å². The number of nitrogens with one attached hydrogen (secondary N) is 2. The van der Waals surface area contributed by atoms with Crippen molar-refractivity contribution in [2.45, 2.75) is 20.8 Å². The molecule has 2 N–H and O–H groups in total. The third-order valence-electron chi connectivity index (χ3n) is 6.02. The quantitative estimate of drug-likeness (QED) is 0.302. The highest BCUT2D eigenvalue weighted by Gasteiger charge is 2.37. The van der Waals surface area contributed by atoms with Gasteiger partial charge in [-0.05, 0) is 86.5 Å². The number of hydrogen-bond donors (Lipinski definition) is 2. The van der Waals surface area contributed by atoms with E-state index in [1.165, 1.54) is 18.2 Å². The number of imide groups is 2. The van der Waals surface area contributed by atoms with E-state index in [4.69, 9.17) is 21.1 Å². The summed E-state index contributed by atoms with van der Waals surface area (Å²) in [5.41, 5.74) is 2.87. The number of amides is 5. The molecule has 3 aromatic carbocycles. The summed E-state index contributed by atoms with van der Waals surface area (Å²) in [5.74, 6) is -1.30. The second-order valence-electron chi connectivity index (χ2n) is 8.65. The Balaban J connectivity index is 1.57. The SMILES string of the molecule is CCOc1ccc(N2C(=O)NC(=O)/C(=C\c3cc(Cl)ccc3OCC(=O)Nc3cccc(C)c3C)C2=O)cc1. The van der Waals surface area contributed by atoms with Crippen molar-refractivity contribution in [3.05, 3.63) is 87.9 Å². The zero-order valence-electron chi connectivity index (χ0n) is 21.5. The Morgan fingerprint density at radius 1 is 1.03 bits per heavy atom. The van der Waals surface area contributed by atoms with E-state index >= 15 is 0 Å². The van der Waals surface area contributed by atoms with E-state index in [0.717, 1.165) is 16.0 Å². The molecule has 3 aromatic rings. The Morgan fingerprint density at radius 3 is 2.49 bits per heavy atom. The Labute approximate surface area is 230 Å². The molecular weight excluding hydrogens is 522 g/mol. The van der Waals surface area contributed by atoms with E-state index in [1.807, 2.05) is 32.9 Å². The lowest BCUT2D eigenvalue weighted by molar-refractivity contribution is -0.122. The van der Waals surface area contributed by atoms with E-state index < -0.39 is 23.8 Å². The Bertz CT molecular complexity index is 1480. The van der Waals surface area contributed by atoms with Crippen molar-refractivity contribution in [3.63, 3.8) is 0 Å². The molecule has 1 heterocycles. The number of aryl methyl sites for hydroxylation is 1. The first-order valence-electron chi connectivity index (χ1n) is 12.1. The minimum absolute atomic E-state index is 0.216. The summed E-state index contributed by atoms with van der Waals surface area (Å²) in [6.07, 6.45) is 1.27. The Kier molecular flexibility index (Phi) is 8.31. The zero-order valence-corrected chi connectivity index (χ0v) is 22.3. The van der Waals surface area contributed by atoms with Gasteiger partial charge in [0.15, 0.2) is 6.61 Å². The molecule has 0 atom stereocenters. The molecule has 1 aliphatic rings. The molecule has 4 rings (SSSR count). The number of anilines is 2. The normalized spacial score (nSPS) is 14.3. The molecule has 9 nitrogen and oxygen atoms in total. The minimum Gasteiger partial charge on any atom is -0.494 e. The summed E-state index contributed by atoms with van der Waals surface area (Å²) in [6, 6.07) is 15.6. The van der Waals surface area contributed by atoms with Crippen LogP contribution in [0, 0.1) is 13.8 Å². The standard InChI is InChI=1S/C29H26ClN3O6/c1-4-38-22-11-9-21(10-12-22)33-28(36)23(27(35)32-29(33)37)15-19-14-20(30)8-13-25(19)39-16-26(34)31-24-7-5-6-17(2)18(24)3/h5-15H,4,16H2,1-3H3,(H,31,34)(H,32,35,37)/b23-15+. The van der Waals surface area contributed by atoms with Gasteiger partial charge >= 0.3 is 6.03 Å². The number of urea groups is 1. The van der Waals surface area contributed by atoms with Gasteiger partial charge in [0.1, 0.15) is 17.1 Å². The van der Waals surface area contributed by atoms with Crippen LogP contribution < -0.4 is 25.0 Å². The van der Waals surface area contributed by atoms with E-state index in [1.54, 1.807) is 36.4 Å². The fraction of sp³-hybridized carbons (Fsp3) is 0.172.